The standard InChI is InChI=1S/C65H41NO/c1-3-18-42(19-4-1)44-22-15-24-46(38-44)49-31-17-35-62-63(49)56-41-61(54-29-7-8-30-55(54)64(56)67-62)66(47-25-16-23-45(39-47)43-20-5-2-6-21-43)48-36-37-53-52-28-11-14-34-59(52)65(60(53)40-48)57-32-12-9-26-50(57)51-27-10-13-33-58(51)65/h1-41H. The van der Waals surface area contributed by atoms with E-state index >= 15 is 0 Å². The third kappa shape index (κ3) is 5.51. The minimum absolute atomic E-state index is 0.483. The predicted molar refractivity (Wildman–Crippen MR) is 279 cm³/mol. The van der Waals surface area contributed by atoms with Gasteiger partial charge in [0, 0.05) is 32.9 Å². The summed E-state index contributed by atoms with van der Waals surface area (Å²) in [7, 11) is 0. The summed E-state index contributed by atoms with van der Waals surface area (Å²) in [6.45, 7) is 0. The first-order valence-corrected chi connectivity index (χ1v) is 23.2. The SMILES string of the molecule is c1ccc(-c2cccc(-c3cccc4oc5c6ccccc6c(N(c6cccc(-c7ccccc7)c6)c6ccc7c(c6)C6(c8ccccc8-c8ccccc86)c6ccccc6-7)cc5c34)c2)cc1. The number of benzene rings is 11. The largest absolute Gasteiger partial charge is 0.455 e. The highest BCUT2D eigenvalue weighted by molar-refractivity contribution is 6.22. The molecule has 0 N–H and O–H groups in total. The molecule has 1 spiro atoms. The zero-order valence-electron chi connectivity index (χ0n) is 36.5. The van der Waals surface area contributed by atoms with Gasteiger partial charge in [0.1, 0.15) is 11.2 Å². The van der Waals surface area contributed by atoms with E-state index in [9.17, 15) is 0 Å². The predicted octanol–water partition coefficient (Wildman–Crippen LogP) is 17.6. The van der Waals surface area contributed by atoms with Gasteiger partial charge in [0.2, 0.25) is 0 Å². The van der Waals surface area contributed by atoms with Crippen LogP contribution in [-0.2, 0) is 5.41 Å². The average Bonchev–Trinajstić information content (AvgIpc) is 4.04. The van der Waals surface area contributed by atoms with Crippen molar-refractivity contribution in [1.82, 2.24) is 0 Å². The summed E-state index contributed by atoms with van der Waals surface area (Å²) < 4.78 is 6.97. The van der Waals surface area contributed by atoms with E-state index in [1.807, 2.05) is 0 Å². The van der Waals surface area contributed by atoms with Crippen LogP contribution >= 0.6 is 0 Å². The number of anilines is 3. The lowest BCUT2D eigenvalue weighted by molar-refractivity contribution is 0.673. The van der Waals surface area contributed by atoms with Crippen molar-refractivity contribution in [3.05, 3.63) is 271 Å². The molecule has 0 saturated carbocycles. The van der Waals surface area contributed by atoms with Gasteiger partial charge in [-0.05, 0) is 120 Å². The van der Waals surface area contributed by atoms with E-state index in [2.05, 4.69) is 254 Å². The van der Waals surface area contributed by atoms with Gasteiger partial charge in [0.15, 0.2) is 0 Å². The van der Waals surface area contributed by atoms with Crippen molar-refractivity contribution in [2.45, 2.75) is 5.41 Å². The lowest BCUT2D eigenvalue weighted by atomic mass is 9.70. The summed E-state index contributed by atoms with van der Waals surface area (Å²) in [4.78, 5) is 2.50. The number of fused-ring (bicyclic) bond motifs is 15. The van der Waals surface area contributed by atoms with Crippen LogP contribution in [0.1, 0.15) is 22.3 Å². The molecule has 12 aromatic rings. The van der Waals surface area contributed by atoms with Crippen molar-refractivity contribution >= 4 is 49.8 Å². The Labute approximate surface area is 389 Å². The van der Waals surface area contributed by atoms with Gasteiger partial charge < -0.3 is 9.32 Å². The average molecular weight is 852 g/mol. The molecule has 11 aromatic carbocycles. The molecule has 1 heterocycles. The van der Waals surface area contributed by atoms with E-state index in [0.717, 1.165) is 66.5 Å². The second kappa shape index (κ2) is 14.7. The Hall–Kier alpha value is -8.72. The highest BCUT2D eigenvalue weighted by Gasteiger charge is 2.51. The van der Waals surface area contributed by atoms with E-state index in [0.29, 0.717) is 0 Å². The van der Waals surface area contributed by atoms with Crippen molar-refractivity contribution in [3.63, 3.8) is 0 Å². The summed E-state index contributed by atoms with van der Waals surface area (Å²) >= 11 is 0. The second-order valence-corrected chi connectivity index (χ2v) is 17.9. The molecule has 67 heavy (non-hydrogen) atoms. The summed E-state index contributed by atoms with van der Waals surface area (Å²) in [6, 6.07) is 91.3. The molecule has 2 heteroatoms. The van der Waals surface area contributed by atoms with Gasteiger partial charge in [-0.2, -0.15) is 0 Å². The first-order valence-electron chi connectivity index (χ1n) is 23.2. The van der Waals surface area contributed by atoms with Crippen LogP contribution in [-0.4, -0.2) is 0 Å². The molecule has 0 aliphatic heterocycles. The van der Waals surface area contributed by atoms with Crippen LogP contribution < -0.4 is 4.90 Å². The number of hydrogen-bond acceptors (Lipinski definition) is 2. The van der Waals surface area contributed by atoms with Gasteiger partial charge >= 0.3 is 0 Å². The third-order valence-electron chi connectivity index (χ3n) is 14.5. The van der Waals surface area contributed by atoms with Crippen molar-refractivity contribution < 1.29 is 4.42 Å². The van der Waals surface area contributed by atoms with Crippen molar-refractivity contribution in [2.24, 2.45) is 0 Å². The minimum atomic E-state index is -0.483. The van der Waals surface area contributed by atoms with E-state index in [1.165, 1.54) is 61.2 Å². The van der Waals surface area contributed by atoms with Crippen LogP contribution in [0.3, 0.4) is 0 Å². The number of furan rings is 1. The van der Waals surface area contributed by atoms with Gasteiger partial charge in [-0.25, -0.2) is 0 Å². The smallest absolute Gasteiger partial charge is 0.143 e. The van der Waals surface area contributed by atoms with E-state index < -0.39 is 5.41 Å². The first-order chi connectivity index (χ1) is 33.2. The molecule has 0 amide bonds. The molecule has 0 unspecified atom stereocenters. The lowest BCUT2D eigenvalue weighted by Gasteiger charge is -2.32. The van der Waals surface area contributed by atoms with Crippen LogP contribution in [0, 0.1) is 0 Å². The molecular weight excluding hydrogens is 811 g/mol. The maximum atomic E-state index is 6.97. The Kier molecular flexibility index (Phi) is 8.23. The molecule has 312 valence electrons. The summed E-state index contributed by atoms with van der Waals surface area (Å²) in [6.07, 6.45) is 0. The zero-order valence-corrected chi connectivity index (χ0v) is 36.5. The highest BCUT2D eigenvalue weighted by Crippen LogP contribution is 2.63. The third-order valence-corrected chi connectivity index (χ3v) is 14.5. The van der Waals surface area contributed by atoms with Gasteiger partial charge in [0.05, 0.1) is 11.1 Å². The summed E-state index contributed by atoms with van der Waals surface area (Å²) in [5.74, 6) is 0. The number of nitrogens with zero attached hydrogens (tertiary/aromatic N) is 1. The van der Waals surface area contributed by atoms with Gasteiger partial charge in [0.25, 0.3) is 0 Å². The molecule has 0 bridgehead atoms. The molecule has 14 rings (SSSR count). The second-order valence-electron chi connectivity index (χ2n) is 17.9. The molecule has 0 fully saturated rings. The molecule has 2 aliphatic carbocycles. The van der Waals surface area contributed by atoms with Gasteiger partial charge in [-0.1, -0.05) is 206 Å². The Bertz CT molecular complexity index is 3870. The normalized spacial score (nSPS) is 12.9. The summed E-state index contributed by atoms with van der Waals surface area (Å²) in [5, 5.41) is 4.37. The topological polar surface area (TPSA) is 16.4 Å². The van der Waals surface area contributed by atoms with Gasteiger partial charge in [-0.15, -0.1) is 0 Å². The van der Waals surface area contributed by atoms with Crippen LogP contribution in [0.5, 0.6) is 0 Å². The Balaban J connectivity index is 1.06. The Morgan fingerprint density at radius 1 is 0.299 bits per heavy atom. The maximum absolute atomic E-state index is 6.97. The molecule has 2 aliphatic rings. The number of rotatable bonds is 6. The fourth-order valence-electron chi connectivity index (χ4n) is 11.7. The highest BCUT2D eigenvalue weighted by atomic mass is 16.3. The monoisotopic (exact) mass is 851 g/mol. The lowest BCUT2D eigenvalue weighted by Crippen LogP contribution is -2.26. The van der Waals surface area contributed by atoms with Crippen molar-refractivity contribution in [2.75, 3.05) is 4.90 Å². The Morgan fingerprint density at radius 3 is 1.46 bits per heavy atom. The molecular formula is C65H41NO. The molecule has 0 radical (unpaired) electrons. The Morgan fingerprint density at radius 2 is 0.791 bits per heavy atom. The van der Waals surface area contributed by atoms with Crippen molar-refractivity contribution in [1.29, 1.82) is 0 Å². The van der Waals surface area contributed by atoms with E-state index in [4.69, 9.17) is 4.42 Å². The minimum Gasteiger partial charge on any atom is -0.455 e. The van der Waals surface area contributed by atoms with Crippen LogP contribution in [0.25, 0.3) is 88.3 Å². The van der Waals surface area contributed by atoms with Gasteiger partial charge in [-0.3, -0.25) is 0 Å². The quantitative estimate of drug-likeness (QED) is 0.166. The number of hydrogen-bond donors (Lipinski definition) is 0. The molecule has 0 atom stereocenters. The van der Waals surface area contributed by atoms with Crippen LogP contribution in [0.4, 0.5) is 17.1 Å². The van der Waals surface area contributed by atoms with Crippen molar-refractivity contribution in [3.8, 4) is 55.6 Å². The molecule has 1 aromatic heterocycles. The van der Waals surface area contributed by atoms with Crippen LogP contribution in [0.2, 0.25) is 0 Å². The first kappa shape index (κ1) is 37.6. The fourth-order valence-corrected chi connectivity index (χ4v) is 11.7. The zero-order chi connectivity index (χ0) is 44.1. The molecule has 2 nitrogen and oxygen atoms in total. The molecule has 0 saturated heterocycles. The van der Waals surface area contributed by atoms with E-state index in [1.54, 1.807) is 0 Å². The van der Waals surface area contributed by atoms with Crippen LogP contribution in [0.15, 0.2) is 253 Å². The summed E-state index contributed by atoms with van der Waals surface area (Å²) in [5.41, 5.74) is 22.0. The fraction of sp³-hybridized carbons (Fsp3) is 0.0154. The maximum Gasteiger partial charge on any atom is 0.143 e. The van der Waals surface area contributed by atoms with E-state index in [-0.39, 0.29) is 0 Å².